The second-order valence-corrected chi connectivity index (χ2v) is 7.02. The van der Waals surface area contributed by atoms with E-state index >= 15 is 0 Å². The maximum Gasteiger partial charge on any atom is 0.240 e. The SMILES string of the molecule is CCN1C[C@@H](C)[C@@H](NS(=O)(=O)c2ccc(F)c(C#N)c2)C1. The molecule has 0 spiro atoms. The van der Waals surface area contributed by atoms with Gasteiger partial charge in [0.15, 0.2) is 0 Å². The van der Waals surface area contributed by atoms with Crippen molar-refractivity contribution in [2.45, 2.75) is 24.8 Å². The highest BCUT2D eigenvalue weighted by Gasteiger charge is 2.32. The molecule has 0 amide bonds. The number of sulfonamides is 1. The summed E-state index contributed by atoms with van der Waals surface area (Å²) in [5, 5.41) is 8.79. The fourth-order valence-electron chi connectivity index (χ4n) is 2.50. The highest BCUT2D eigenvalue weighted by molar-refractivity contribution is 7.89. The van der Waals surface area contributed by atoms with E-state index in [4.69, 9.17) is 5.26 Å². The summed E-state index contributed by atoms with van der Waals surface area (Å²) in [5.74, 6) is -0.515. The first kappa shape index (κ1) is 15.9. The average molecular weight is 311 g/mol. The van der Waals surface area contributed by atoms with Gasteiger partial charge in [0, 0.05) is 19.1 Å². The first-order valence-electron chi connectivity index (χ1n) is 6.81. The van der Waals surface area contributed by atoms with Crippen molar-refractivity contribution >= 4 is 10.0 Å². The summed E-state index contributed by atoms with van der Waals surface area (Å²) in [5.41, 5.74) is -0.271. The molecule has 0 aromatic heterocycles. The zero-order valence-electron chi connectivity index (χ0n) is 12.0. The van der Waals surface area contributed by atoms with Gasteiger partial charge in [0.25, 0.3) is 0 Å². The van der Waals surface area contributed by atoms with Crippen molar-refractivity contribution in [1.82, 2.24) is 9.62 Å². The molecular weight excluding hydrogens is 293 g/mol. The summed E-state index contributed by atoms with van der Waals surface area (Å²) >= 11 is 0. The van der Waals surface area contributed by atoms with E-state index < -0.39 is 15.8 Å². The van der Waals surface area contributed by atoms with Crippen LogP contribution >= 0.6 is 0 Å². The Hall–Kier alpha value is -1.49. The molecule has 0 unspecified atom stereocenters. The third kappa shape index (κ3) is 3.40. The molecule has 1 saturated heterocycles. The number of nitriles is 1. The van der Waals surface area contributed by atoms with Crippen LogP contribution in [-0.2, 0) is 10.0 Å². The summed E-state index contributed by atoms with van der Waals surface area (Å²) < 4.78 is 40.6. The van der Waals surface area contributed by atoms with Gasteiger partial charge >= 0.3 is 0 Å². The number of hydrogen-bond donors (Lipinski definition) is 1. The van der Waals surface area contributed by atoms with Gasteiger partial charge in [0.05, 0.1) is 10.5 Å². The van der Waals surface area contributed by atoms with Gasteiger partial charge in [-0.1, -0.05) is 13.8 Å². The Kier molecular flexibility index (Phi) is 4.61. The van der Waals surface area contributed by atoms with Crippen LogP contribution in [0.1, 0.15) is 19.4 Å². The van der Waals surface area contributed by atoms with Crippen LogP contribution < -0.4 is 4.72 Å². The maximum atomic E-state index is 13.3. The first-order chi connectivity index (χ1) is 9.87. The first-order valence-corrected chi connectivity index (χ1v) is 8.30. The molecule has 1 N–H and O–H groups in total. The Morgan fingerprint density at radius 3 is 2.76 bits per heavy atom. The largest absolute Gasteiger partial charge is 0.302 e. The predicted molar refractivity (Wildman–Crippen MR) is 76.5 cm³/mol. The molecule has 1 aliphatic heterocycles. The van der Waals surface area contributed by atoms with Crippen molar-refractivity contribution in [1.29, 1.82) is 5.26 Å². The summed E-state index contributed by atoms with van der Waals surface area (Å²) in [6, 6.07) is 4.72. The van der Waals surface area contributed by atoms with E-state index in [1.165, 1.54) is 6.07 Å². The number of likely N-dealkylation sites (tertiary alicyclic amines) is 1. The minimum Gasteiger partial charge on any atom is -0.302 e. The number of nitrogens with one attached hydrogen (secondary N) is 1. The molecule has 1 aromatic rings. The number of halogens is 1. The molecule has 1 aliphatic rings. The fraction of sp³-hybridized carbons (Fsp3) is 0.500. The minimum absolute atomic E-state index is 0.0809. The molecule has 2 rings (SSSR count). The molecular formula is C14H18FN3O2S. The predicted octanol–water partition coefficient (Wildman–Crippen LogP) is 1.32. The van der Waals surface area contributed by atoms with E-state index in [1.807, 2.05) is 13.8 Å². The van der Waals surface area contributed by atoms with E-state index in [2.05, 4.69) is 9.62 Å². The molecule has 0 saturated carbocycles. The minimum atomic E-state index is -3.75. The summed E-state index contributed by atoms with van der Waals surface area (Å²) in [7, 11) is -3.75. The van der Waals surface area contributed by atoms with Crippen LogP contribution in [0, 0.1) is 23.1 Å². The van der Waals surface area contributed by atoms with Crippen molar-refractivity contribution in [3.05, 3.63) is 29.6 Å². The zero-order chi connectivity index (χ0) is 15.6. The second kappa shape index (κ2) is 6.10. The van der Waals surface area contributed by atoms with Crippen molar-refractivity contribution in [2.24, 2.45) is 5.92 Å². The van der Waals surface area contributed by atoms with Crippen molar-refractivity contribution in [3.63, 3.8) is 0 Å². The lowest BCUT2D eigenvalue weighted by molar-refractivity contribution is 0.344. The third-order valence-corrected chi connectivity index (χ3v) is 5.30. The lowest BCUT2D eigenvalue weighted by Crippen LogP contribution is -2.39. The molecule has 0 aliphatic carbocycles. The fourth-order valence-corrected chi connectivity index (χ4v) is 3.87. The van der Waals surface area contributed by atoms with E-state index in [-0.39, 0.29) is 22.4 Å². The Morgan fingerprint density at radius 2 is 2.19 bits per heavy atom. The molecule has 114 valence electrons. The van der Waals surface area contributed by atoms with Crippen molar-refractivity contribution < 1.29 is 12.8 Å². The van der Waals surface area contributed by atoms with E-state index in [0.29, 0.717) is 6.54 Å². The number of hydrogen-bond acceptors (Lipinski definition) is 4. The van der Waals surface area contributed by atoms with Gasteiger partial charge in [0.2, 0.25) is 10.0 Å². The maximum absolute atomic E-state index is 13.3. The number of likely N-dealkylation sites (N-methyl/N-ethyl adjacent to an activating group) is 1. The van der Waals surface area contributed by atoms with E-state index in [1.54, 1.807) is 6.07 Å². The standard InChI is InChI=1S/C14H18FN3O2S/c1-3-18-8-10(2)14(9-18)17-21(19,20)12-4-5-13(15)11(6-12)7-16/h4-6,10,14,17H,3,8-9H2,1-2H3/t10-,14+/m1/s1. The zero-order valence-corrected chi connectivity index (χ0v) is 12.8. The van der Waals surface area contributed by atoms with Gasteiger partial charge in [-0.2, -0.15) is 5.26 Å². The normalized spacial score (nSPS) is 23.1. The van der Waals surface area contributed by atoms with Crippen LogP contribution in [0.4, 0.5) is 4.39 Å². The monoisotopic (exact) mass is 311 g/mol. The van der Waals surface area contributed by atoms with Gasteiger partial charge in [0.1, 0.15) is 11.9 Å². The molecule has 2 atom stereocenters. The third-order valence-electron chi connectivity index (χ3n) is 3.81. The number of nitrogens with zero attached hydrogens (tertiary/aromatic N) is 2. The van der Waals surface area contributed by atoms with Crippen LogP contribution in [0.3, 0.4) is 0 Å². The number of benzene rings is 1. The molecule has 5 nitrogen and oxygen atoms in total. The van der Waals surface area contributed by atoms with Gasteiger partial charge < -0.3 is 4.90 Å². The summed E-state index contributed by atoms with van der Waals surface area (Å²) in [4.78, 5) is 2.09. The smallest absolute Gasteiger partial charge is 0.240 e. The molecule has 21 heavy (non-hydrogen) atoms. The van der Waals surface area contributed by atoms with Crippen LogP contribution in [0.15, 0.2) is 23.1 Å². The number of rotatable bonds is 4. The van der Waals surface area contributed by atoms with Gasteiger partial charge in [-0.3, -0.25) is 0 Å². The van der Waals surface area contributed by atoms with Gasteiger partial charge in [-0.05, 0) is 30.7 Å². The Balaban J connectivity index is 2.21. The Morgan fingerprint density at radius 1 is 1.48 bits per heavy atom. The van der Waals surface area contributed by atoms with Crippen molar-refractivity contribution in [3.8, 4) is 6.07 Å². The molecule has 1 fully saturated rings. The van der Waals surface area contributed by atoms with Crippen LogP contribution in [0.5, 0.6) is 0 Å². The average Bonchev–Trinajstić information content (AvgIpc) is 2.79. The van der Waals surface area contributed by atoms with E-state index in [9.17, 15) is 12.8 Å². The molecule has 7 heteroatoms. The second-order valence-electron chi connectivity index (χ2n) is 5.31. The summed E-state index contributed by atoms with van der Waals surface area (Å²) in [6.45, 7) is 6.40. The molecule has 0 radical (unpaired) electrons. The van der Waals surface area contributed by atoms with Crippen LogP contribution in [-0.4, -0.2) is 39.0 Å². The molecule has 1 heterocycles. The summed E-state index contributed by atoms with van der Waals surface area (Å²) in [6.07, 6.45) is 0. The molecule has 0 bridgehead atoms. The van der Waals surface area contributed by atoms with E-state index in [0.717, 1.165) is 25.2 Å². The quantitative estimate of drug-likeness (QED) is 0.910. The van der Waals surface area contributed by atoms with Crippen LogP contribution in [0.2, 0.25) is 0 Å². The van der Waals surface area contributed by atoms with Gasteiger partial charge in [-0.25, -0.2) is 17.5 Å². The van der Waals surface area contributed by atoms with Gasteiger partial charge in [-0.15, -0.1) is 0 Å². The lowest BCUT2D eigenvalue weighted by atomic mass is 10.1. The highest BCUT2D eigenvalue weighted by atomic mass is 32.2. The molecule has 1 aromatic carbocycles. The Bertz CT molecular complexity index is 669. The van der Waals surface area contributed by atoms with Crippen molar-refractivity contribution in [2.75, 3.05) is 19.6 Å². The highest BCUT2D eigenvalue weighted by Crippen LogP contribution is 2.20. The lowest BCUT2D eigenvalue weighted by Gasteiger charge is -2.17. The van der Waals surface area contributed by atoms with Crippen LogP contribution in [0.25, 0.3) is 0 Å². The topological polar surface area (TPSA) is 73.2 Å². The Labute approximate surface area is 124 Å².